The predicted octanol–water partition coefficient (Wildman–Crippen LogP) is -2.60. The van der Waals surface area contributed by atoms with Gasteiger partial charge in [0.05, 0.1) is 12.4 Å². The molecule has 0 saturated heterocycles. The Balaban J connectivity index is 2.98. The van der Waals surface area contributed by atoms with E-state index in [-0.39, 0.29) is 44.4 Å². The number of imidazole rings is 1. The highest BCUT2D eigenvalue weighted by molar-refractivity contribution is 5.94. The molecule has 0 aliphatic heterocycles. The Hall–Kier alpha value is -4.01. The van der Waals surface area contributed by atoms with Gasteiger partial charge in [0.15, 0.2) is 0 Å². The molecule has 37 heavy (non-hydrogen) atoms. The molecular formula is C22H36N8O7. The average Bonchev–Trinajstić information content (AvgIpc) is 3.30. The van der Waals surface area contributed by atoms with Crippen molar-refractivity contribution in [3.05, 3.63) is 18.2 Å². The highest BCUT2D eigenvalue weighted by atomic mass is 16.4. The van der Waals surface area contributed by atoms with Gasteiger partial charge in [-0.05, 0) is 25.2 Å². The van der Waals surface area contributed by atoms with Crippen molar-refractivity contribution in [3.8, 4) is 0 Å². The van der Waals surface area contributed by atoms with Crippen LogP contribution in [-0.4, -0.2) is 74.7 Å². The lowest BCUT2D eigenvalue weighted by atomic mass is 10.0. The maximum absolute atomic E-state index is 13.1. The number of primary amides is 2. The van der Waals surface area contributed by atoms with Crippen molar-refractivity contribution < 1.29 is 33.9 Å². The summed E-state index contributed by atoms with van der Waals surface area (Å²) in [6.07, 6.45) is 2.23. The highest BCUT2D eigenvalue weighted by Gasteiger charge is 2.31. The summed E-state index contributed by atoms with van der Waals surface area (Å²) in [6.45, 7) is 3.65. The molecule has 0 radical (unpaired) electrons. The summed E-state index contributed by atoms with van der Waals surface area (Å²) in [5, 5.41) is 16.6. The molecule has 0 saturated carbocycles. The second-order valence-electron chi connectivity index (χ2n) is 9.05. The van der Waals surface area contributed by atoms with Crippen LogP contribution in [0, 0.1) is 5.92 Å². The summed E-state index contributed by atoms with van der Waals surface area (Å²) < 4.78 is 0. The highest BCUT2D eigenvalue weighted by Crippen LogP contribution is 2.09. The molecule has 11 N–H and O–H groups in total. The number of carbonyl (C=O) groups excluding carboxylic acids is 5. The Morgan fingerprint density at radius 1 is 0.892 bits per heavy atom. The Morgan fingerprint density at radius 2 is 1.41 bits per heavy atom. The van der Waals surface area contributed by atoms with Crippen LogP contribution in [0.25, 0.3) is 0 Å². The molecule has 4 unspecified atom stereocenters. The van der Waals surface area contributed by atoms with Gasteiger partial charge in [-0.1, -0.05) is 13.8 Å². The van der Waals surface area contributed by atoms with Crippen LogP contribution in [0.3, 0.4) is 0 Å². The fourth-order valence-corrected chi connectivity index (χ4v) is 3.35. The van der Waals surface area contributed by atoms with Gasteiger partial charge in [0.1, 0.15) is 18.1 Å². The number of carboxylic acids is 1. The fraction of sp³-hybridized carbons (Fsp3) is 0.591. The standard InChI is InChI=1S/C22H36N8O7/c1-11(2)7-16(30-19(33)13(23)8-12-9-26-10-27-12)21(35)28-14(3-5-17(24)31)20(34)29-15(22(36)37)4-6-18(25)32/h9-11,13-16H,3-8,23H2,1-2H3,(H2,24,31)(H2,25,32)(H,26,27)(H,28,35)(H,29,34)(H,30,33)(H,36,37). The van der Waals surface area contributed by atoms with Gasteiger partial charge >= 0.3 is 5.97 Å². The predicted molar refractivity (Wildman–Crippen MR) is 130 cm³/mol. The lowest BCUT2D eigenvalue weighted by Gasteiger charge is -2.26. The zero-order chi connectivity index (χ0) is 28.1. The van der Waals surface area contributed by atoms with Gasteiger partial charge in [0.25, 0.3) is 0 Å². The summed E-state index contributed by atoms with van der Waals surface area (Å²) in [4.78, 5) is 79.1. The van der Waals surface area contributed by atoms with Gasteiger partial charge in [-0.3, -0.25) is 24.0 Å². The van der Waals surface area contributed by atoms with Crippen LogP contribution in [0.5, 0.6) is 0 Å². The minimum absolute atomic E-state index is 0.0389. The van der Waals surface area contributed by atoms with Crippen molar-refractivity contribution in [1.82, 2.24) is 25.9 Å². The molecule has 0 fully saturated rings. The molecule has 1 rings (SSSR count). The monoisotopic (exact) mass is 524 g/mol. The number of aliphatic carboxylic acids is 1. The van der Waals surface area contributed by atoms with Crippen LogP contribution in [0.4, 0.5) is 0 Å². The minimum atomic E-state index is -1.46. The summed E-state index contributed by atoms with van der Waals surface area (Å²) in [5.41, 5.74) is 16.8. The van der Waals surface area contributed by atoms with Crippen molar-refractivity contribution in [1.29, 1.82) is 0 Å². The lowest BCUT2D eigenvalue weighted by Crippen LogP contribution is -2.57. The van der Waals surface area contributed by atoms with E-state index in [0.717, 1.165) is 0 Å². The van der Waals surface area contributed by atoms with Gasteiger partial charge < -0.3 is 43.2 Å². The second-order valence-corrected chi connectivity index (χ2v) is 9.05. The van der Waals surface area contributed by atoms with Crippen molar-refractivity contribution in [3.63, 3.8) is 0 Å². The molecule has 1 aromatic rings. The van der Waals surface area contributed by atoms with E-state index in [1.54, 1.807) is 0 Å². The number of amides is 5. The molecule has 0 aromatic carbocycles. The fourth-order valence-electron chi connectivity index (χ4n) is 3.35. The van der Waals surface area contributed by atoms with E-state index in [0.29, 0.717) is 5.69 Å². The third kappa shape index (κ3) is 12.0. The Kier molecular flexibility index (Phi) is 12.7. The van der Waals surface area contributed by atoms with Crippen molar-refractivity contribution >= 4 is 35.5 Å². The number of hydrogen-bond acceptors (Lipinski definition) is 8. The molecule has 0 aliphatic carbocycles. The Bertz CT molecular complexity index is 951. The number of nitrogens with zero attached hydrogens (tertiary/aromatic N) is 1. The average molecular weight is 525 g/mol. The van der Waals surface area contributed by atoms with Crippen molar-refractivity contribution in [2.45, 2.75) is 76.5 Å². The number of nitrogens with one attached hydrogen (secondary N) is 4. The molecule has 1 aromatic heterocycles. The maximum Gasteiger partial charge on any atom is 0.326 e. The van der Waals surface area contributed by atoms with Crippen molar-refractivity contribution in [2.75, 3.05) is 0 Å². The molecule has 0 aliphatic rings. The number of carbonyl (C=O) groups is 6. The molecule has 0 bridgehead atoms. The molecule has 1 heterocycles. The maximum atomic E-state index is 13.1. The summed E-state index contributed by atoms with van der Waals surface area (Å²) >= 11 is 0. The van der Waals surface area contributed by atoms with E-state index >= 15 is 0 Å². The summed E-state index contributed by atoms with van der Waals surface area (Å²) in [7, 11) is 0. The quantitative estimate of drug-likeness (QED) is 0.106. The number of nitrogens with two attached hydrogens (primary N) is 3. The zero-order valence-corrected chi connectivity index (χ0v) is 20.9. The van der Waals surface area contributed by atoms with Crippen LogP contribution < -0.4 is 33.2 Å². The first-order valence-corrected chi connectivity index (χ1v) is 11.7. The Morgan fingerprint density at radius 3 is 1.89 bits per heavy atom. The molecular weight excluding hydrogens is 488 g/mol. The van der Waals surface area contributed by atoms with Crippen LogP contribution in [0.2, 0.25) is 0 Å². The Labute approximate surface area is 213 Å². The normalized spacial score (nSPS) is 14.2. The number of hydrogen-bond donors (Lipinski definition) is 8. The van der Waals surface area contributed by atoms with Crippen LogP contribution in [0.15, 0.2) is 12.5 Å². The smallest absolute Gasteiger partial charge is 0.326 e. The van der Waals surface area contributed by atoms with E-state index in [9.17, 15) is 33.9 Å². The molecule has 0 spiro atoms. The molecule has 5 amide bonds. The van der Waals surface area contributed by atoms with E-state index in [1.165, 1.54) is 12.5 Å². The lowest BCUT2D eigenvalue weighted by molar-refractivity contribution is -0.142. The molecule has 206 valence electrons. The molecule has 4 atom stereocenters. The van der Waals surface area contributed by atoms with Gasteiger partial charge in [0, 0.05) is 31.2 Å². The number of rotatable bonds is 17. The number of carboxylic acid groups (broad SMARTS) is 1. The van der Waals surface area contributed by atoms with Crippen molar-refractivity contribution in [2.24, 2.45) is 23.1 Å². The second kappa shape index (κ2) is 15.2. The van der Waals surface area contributed by atoms with Gasteiger partial charge in [0.2, 0.25) is 29.5 Å². The first-order chi connectivity index (χ1) is 17.3. The van der Waals surface area contributed by atoms with Crippen LogP contribution >= 0.6 is 0 Å². The van der Waals surface area contributed by atoms with E-state index in [1.807, 2.05) is 13.8 Å². The zero-order valence-electron chi connectivity index (χ0n) is 20.9. The minimum Gasteiger partial charge on any atom is -0.480 e. The van der Waals surface area contributed by atoms with Crippen LogP contribution in [0.1, 0.15) is 51.6 Å². The van der Waals surface area contributed by atoms with E-state index in [2.05, 4.69) is 25.9 Å². The summed E-state index contributed by atoms with van der Waals surface area (Å²) in [6, 6.07) is -4.87. The third-order valence-electron chi connectivity index (χ3n) is 5.28. The van der Waals surface area contributed by atoms with E-state index in [4.69, 9.17) is 17.2 Å². The third-order valence-corrected chi connectivity index (χ3v) is 5.28. The summed E-state index contributed by atoms with van der Waals surface area (Å²) in [5.74, 6) is -5.19. The largest absolute Gasteiger partial charge is 0.480 e. The van der Waals surface area contributed by atoms with Crippen LogP contribution in [-0.2, 0) is 35.2 Å². The first kappa shape index (κ1) is 31.0. The number of aromatic amines is 1. The van der Waals surface area contributed by atoms with Gasteiger partial charge in [-0.15, -0.1) is 0 Å². The van der Waals surface area contributed by atoms with E-state index < -0.39 is 59.7 Å². The SMILES string of the molecule is CC(C)CC(NC(=O)C(N)Cc1cnc[nH]1)C(=O)NC(CCC(N)=O)C(=O)NC(CCC(N)=O)C(=O)O. The number of H-pyrrole nitrogens is 1. The van der Waals surface area contributed by atoms with Gasteiger partial charge in [-0.2, -0.15) is 0 Å². The molecule has 15 nitrogen and oxygen atoms in total. The number of aromatic nitrogens is 2. The first-order valence-electron chi connectivity index (χ1n) is 11.7. The topological polar surface area (TPSA) is 265 Å². The molecule has 15 heteroatoms. The van der Waals surface area contributed by atoms with Gasteiger partial charge in [-0.25, -0.2) is 9.78 Å².